The van der Waals surface area contributed by atoms with E-state index in [-0.39, 0.29) is 0 Å². The first-order valence-corrected chi connectivity index (χ1v) is 6.88. The van der Waals surface area contributed by atoms with Gasteiger partial charge in [0, 0.05) is 18.3 Å². The van der Waals surface area contributed by atoms with E-state index in [1.807, 2.05) is 50.2 Å². The Morgan fingerprint density at radius 2 is 2.10 bits per heavy atom. The molecule has 0 fully saturated rings. The highest BCUT2D eigenvalue weighted by atomic mass is 16.5. The van der Waals surface area contributed by atoms with Gasteiger partial charge < -0.3 is 9.84 Å². The molecule has 0 saturated heterocycles. The predicted molar refractivity (Wildman–Crippen MR) is 81.9 cm³/mol. The van der Waals surface area contributed by atoms with Crippen molar-refractivity contribution in [2.24, 2.45) is 0 Å². The molecule has 0 spiro atoms. The zero-order chi connectivity index (χ0) is 14.7. The Kier molecular flexibility index (Phi) is 3.64. The van der Waals surface area contributed by atoms with Gasteiger partial charge in [-0.1, -0.05) is 28.9 Å². The first-order chi connectivity index (χ1) is 10.3. The normalized spacial score (nSPS) is 10.6. The number of benzene rings is 1. The van der Waals surface area contributed by atoms with Gasteiger partial charge in [0.15, 0.2) is 0 Å². The molecule has 0 atom stereocenters. The van der Waals surface area contributed by atoms with Crippen LogP contribution in [0.4, 0.5) is 5.82 Å². The number of nitrogens with one attached hydrogen (secondary N) is 1. The average Bonchev–Trinajstić information content (AvgIpc) is 2.98. The predicted octanol–water partition coefficient (Wildman–Crippen LogP) is 3.54. The van der Waals surface area contributed by atoms with E-state index < -0.39 is 0 Å². The summed E-state index contributed by atoms with van der Waals surface area (Å²) in [6.07, 6.45) is 1.74. The molecule has 1 aromatic carbocycles. The molecule has 2 heterocycles. The molecule has 5 heteroatoms. The second-order valence-electron chi connectivity index (χ2n) is 4.72. The minimum absolute atomic E-state index is 0.468. The monoisotopic (exact) mass is 280 g/mol. The van der Waals surface area contributed by atoms with E-state index in [0.717, 1.165) is 29.1 Å². The third-order valence-electron chi connectivity index (χ3n) is 3.08. The molecule has 1 N–H and O–H groups in total. The van der Waals surface area contributed by atoms with E-state index in [2.05, 4.69) is 20.4 Å². The molecule has 0 bridgehead atoms. The second kappa shape index (κ2) is 5.75. The summed E-state index contributed by atoms with van der Waals surface area (Å²) in [5.41, 5.74) is 2.92. The van der Waals surface area contributed by atoms with E-state index >= 15 is 0 Å². The summed E-state index contributed by atoms with van der Waals surface area (Å²) in [6, 6.07) is 11.8. The molecule has 0 aliphatic rings. The van der Waals surface area contributed by atoms with Gasteiger partial charge in [-0.05, 0) is 32.0 Å². The summed E-state index contributed by atoms with van der Waals surface area (Å²) in [7, 11) is 0. The van der Waals surface area contributed by atoms with Crippen molar-refractivity contribution in [1.29, 1.82) is 0 Å². The number of pyridine rings is 1. The van der Waals surface area contributed by atoms with E-state index in [4.69, 9.17) is 4.52 Å². The highest BCUT2D eigenvalue weighted by molar-refractivity contribution is 5.70. The van der Waals surface area contributed by atoms with Crippen molar-refractivity contribution >= 4 is 5.82 Å². The van der Waals surface area contributed by atoms with Crippen LogP contribution in [0.5, 0.6) is 0 Å². The van der Waals surface area contributed by atoms with E-state index in [1.165, 1.54) is 0 Å². The first-order valence-electron chi connectivity index (χ1n) is 6.88. The Morgan fingerprint density at radius 3 is 2.90 bits per heavy atom. The number of aryl methyl sites for hydroxylation is 1. The Bertz CT molecular complexity index is 751. The molecule has 0 unspecified atom stereocenters. The quantitative estimate of drug-likeness (QED) is 0.792. The summed E-state index contributed by atoms with van der Waals surface area (Å²) in [6.45, 7) is 4.84. The van der Waals surface area contributed by atoms with Gasteiger partial charge in [-0.25, -0.2) is 4.98 Å². The third-order valence-corrected chi connectivity index (χ3v) is 3.08. The molecular weight excluding hydrogens is 264 g/mol. The number of hydrogen-bond acceptors (Lipinski definition) is 5. The lowest BCUT2D eigenvalue weighted by Gasteiger charge is -2.04. The van der Waals surface area contributed by atoms with Crippen molar-refractivity contribution in [3.8, 4) is 22.8 Å². The van der Waals surface area contributed by atoms with E-state index in [9.17, 15) is 0 Å². The summed E-state index contributed by atoms with van der Waals surface area (Å²) in [4.78, 5) is 8.78. The zero-order valence-electron chi connectivity index (χ0n) is 12.0. The number of rotatable bonds is 4. The second-order valence-corrected chi connectivity index (χ2v) is 4.72. The molecule has 2 aromatic heterocycles. The van der Waals surface area contributed by atoms with Crippen molar-refractivity contribution in [2.75, 3.05) is 11.9 Å². The maximum absolute atomic E-state index is 5.39. The van der Waals surface area contributed by atoms with E-state index in [1.54, 1.807) is 6.20 Å². The van der Waals surface area contributed by atoms with Crippen LogP contribution in [0.15, 0.2) is 47.1 Å². The van der Waals surface area contributed by atoms with Crippen molar-refractivity contribution in [3.63, 3.8) is 0 Å². The van der Waals surface area contributed by atoms with Crippen molar-refractivity contribution in [1.82, 2.24) is 15.1 Å². The molecule has 0 radical (unpaired) electrons. The first kappa shape index (κ1) is 13.3. The average molecular weight is 280 g/mol. The van der Waals surface area contributed by atoms with Crippen LogP contribution in [0.25, 0.3) is 22.8 Å². The molecule has 3 rings (SSSR count). The van der Waals surface area contributed by atoms with Crippen LogP contribution in [0.2, 0.25) is 0 Å². The zero-order valence-corrected chi connectivity index (χ0v) is 12.0. The fourth-order valence-electron chi connectivity index (χ4n) is 2.12. The molecule has 0 saturated carbocycles. The van der Waals surface area contributed by atoms with Gasteiger partial charge in [-0.3, -0.25) is 0 Å². The van der Waals surface area contributed by atoms with Gasteiger partial charge in [0.05, 0.1) is 5.56 Å². The van der Waals surface area contributed by atoms with Gasteiger partial charge in [0.25, 0.3) is 5.89 Å². The highest BCUT2D eigenvalue weighted by Gasteiger charge is 2.14. The minimum atomic E-state index is 0.468. The van der Waals surface area contributed by atoms with Crippen LogP contribution in [-0.2, 0) is 0 Å². The Hall–Kier alpha value is -2.69. The summed E-state index contributed by atoms with van der Waals surface area (Å²) in [5.74, 6) is 1.80. The highest BCUT2D eigenvalue weighted by Crippen LogP contribution is 2.26. The number of aromatic nitrogens is 3. The summed E-state index contributed by atoms with van der Waals surface area (Å²) >= 11 is 0. The number of nitrogens with zero attached hydrogens (tertiary/aromatic N) is 3. The fraction of sp³-hybridized carbons (Fsp3) is 0.188. The van der Waals surface area contributed by atoms with Crippen molar-refractivity contribution in [3.05, 3.63) is 48.2 Å². The van der Waals surface area contributed by atoms with Crippen molar-refractivity contribution < 1.29 is 4.52 Å². The Morgan fingerprint density at radius 1 is 1.19 bits per heavy atom. The minimum Gasteiger partial charge on any atom is -0.370 e. The molecule has 0 aliphatic heterocycles. The lowest BCUT2D eigenvalue weighted by molar-refractivity contribution is 0.432. The maximum atomic E-state index is 5.39. The van der Waals surface area contributed by atoms with Crippen LogP contribution in [-0.4, -0.2) is 21.7 Å². The van der Waals surface area contributed by atoms with Crippen LogP contribution < -0.4 is 5.32 Å². The SMILES string of the molecule is CCNc1ncccc1-c1nc(-c2cccc(C)c2)no1. The standard InChI is InChI=1S/C16H16N4O/c1-3-17-15-13(8-5-9-18-15)16-19-14(20-21-16)12-7-4-6-11(2)10-12/h4-10H,3H2,1-2H3,(H,17,18). The number of anilines is 1. The van der Waals surface area contributed by atoms with Gasteiger partial charge >= 0.3 is 0 Å². The molecule has 5 nitrogen and oxygen atoms in total. The smallest absolute Gasteiger partial charge is 0.261 e. The maximum Gasteiger partial charge on any atom is 0.261 e. The van der Waals surface area contributed by atoms with Crippen molar-refractivity contribution in [2.45, 2.75) is 13.8 Å². The van der Waals surface area contributed by atoms with Gasteiger partial charge in [0.1, 0.15) is 5.82 Å². The molecular formula is C16H16N4O. The summed E-state index contributed by atoms with van der Waals surface area (Å²) in [5, 5.41) is 7.26. The number of hydrogen-bond donors (Lipinski definition) is 1. The largest absolute Gasteiger partial charge is 0.370 e. The lowest BCUT2D eigenvalue weighted by Crippen LogP contribution is -2.00. The van der Waals surface area contributed by atoms with Gasteiger partial charge in [0.2, 0.25) is 5.82 Å². The Labute approximate surface area is 123 Å². The van der Waals surface area contributed by atoms with Crippen LogP contribution in [0, 0.1) is 6.92 Å². The van der Waals surface area contributed by atoms with E-state index in [0.29, 0.717) is 11.7 Å². The van der Waals surface area contributed by atoms with Crippen LogP contribution in [0.1, 0.15) is 12.5 Å². The van der Waals surface area contributed by atoms with Crippen LogP contribution >= 0.6 is 0 Å². The molecule has 3 aromatic rings. The third kappa shape index (κ3) is 2.76. The molecule has 106 valence electrons. The fourth-order valence-corrected chi connectivity index (χ4v) is 2.12. The van der Waals surface area contributed by atoms with Gasteiger partial charge in [-0.2, -0.15) is 4.98 Å². The molecule has 0 aliphatic carbocycles. The lowest BCUT2D eigenvalue weighted by atomic mass is 10.1. The Balaban J connectivity index is 1.99. The topological polar surface area (TPSA) is 63.8 Å². The summed E-state index contributed by atoms with van der Waals surface area (Å²) < 4.78 is 5.39. The van der Waals surface area contributed by atoms with Gasteiger partial charge in [-0.15, -0.1) is 0 Å². The molecule has 21 heavy (non-hydrogen) atoms. The molecule has 0 amide bonds. The van der Waals surface area contributed by atoms with Crippen LogP contribution in [0.3, 0.4) is 0 Å².